The van der Waals surface area contributed by atoms with Gasteiger partial charge in [0.2, 0.25) is 5.91 Å². The Kier molecular flexibility index (Phi) is 8.07. The Labute approximate surface area is 209 Å². The second-order valence-corrected chi connectivity index (χ2v) is 8.70. The maximum Gasteiger partial charge on any atom is 0.264 e. The summed E-state index contributed by atoms with van der Waals surface area (Å²) < 4.78 is 13.8. The summed E-state index contributed by atoms with van der Waals surface area (Å²) in [6.07, 6.45) is -0.399. The van der Waals surface area contributed by atoms with Gasteiger partial charge in [-0.05, 0) is 41.3 Å². The topological polar surface area (TPSA) is 95.7 Å². The zero-order chi connectivity index (χ0) is 25.5. The SMILES string of the molecule is NCc1cccc(CNC(=O)C2N(C(=O)CCc3ccccc3)CCN2C(=O)c2cccc(F)c2)c1. The van der Waals surface area contributed by atoms with Crippen LogP contribution in [0.5, 0.6) is 0 Å². The Morgan fingerprint density at radius 1 is 0.861 bits per heavy atom. The minimum absolute atomic E-state index is 0.127. The van der Waals surface area contributed by atoms with Crippen molar-refractivity contribution in [1.29, 1.82) is 0 Å². The number of amides is 3. The molecule has 4 rings (SSSR count). The van der Waals surface area contributed by atoms with Gasteiger partial charge in [-0.1, -0.05) is 60.7 Å². The Morgan fingerprint density at radius 2 is 1.56 bits per heavy atom. The number of benzene rings is 3. The van der Waals surface area contributed by atoms with Crippen molar-refractivity contribution in [2.45, 2.75) is 32.1 Å². The number of nitrogens with two attached hydrogens (primary N) is 1. The van der Waals surface area contributed by atoms with Crippen LogP contribution >= 0.6 is 0 Å². The zero-order valence-corrected chi connectivity index (χ0v) is 19.9. The van der Waals surface area contributed by atoms with Crippen LogP contribution in [0.1, 0.15) is 33.5 Å². The van der Waals surface area contributed by atoms with E-state index >= 15 is 0 Å². The predicted molar refractivity (Wildman–Crippen MR) is 134 cm³/mol. The highest BCUT2D eigenvalue weighted by molar-refractivity contribution is 5.99. The number of carbonyl (C=O) groups excluding carboxylic acids is 3. The lowest BCUT2D eigenvalue weighted by Crippen LogP contribution is -2.53. The van der Waals surface area contributed by atoms with Crippen LogP contribution in [0.15, 0.2) is 78.9 Å². The first-order valence-electron chi connectivity index (χ1n) is 11.9. The lowest BCUT2D eigenvalue weighted by Gasteiger charge is -2.29. The van der Waals surface area contributed by atoms with E-state index in [4.69, 9.17) is 5.73 Å². The maximum absolute atomic E-state index is 13.8. The molecule has 1 saturated heterocycles. The minimum atomic E-state index is -1.12. The second-order valence-electron chi connectivity index (χ2n) is 8.70. The number of halogens is 1. The number of hydrogen-bond donors (Lipinski definition) is 2. The lowest BCUT2D eigenvalue weighted by atomic mass is 10.1. The Balaban J connectivity index is 1.52. The van der Waals surface area contributed by atoms with Gasteiger partial charge in [-0.25, -0.2) is 4.39 Å². The van der Waals surface area contributed by atoms with E-state index in [9.17, 15) is 18.8 Å². The summed E-state index contributed by atoms with van der Waals surface area (Å²) in [6, 6.07) is 22.5. The van der Waals surface area contributed by atoms with Crippen molar-refractivity contribution >= 4 is 17.7 Å². The van der Waals surface area contributed by atoms with Gasteiger partial charge in [0.05, 0.1) is 0 Å². The van der Waals surface area contributed by atoms with Crippen molar-refractivity contribution in [3.63, 3.8) is 0 Å². The van der Waals surface area contributed by atoms with Gasteiger partial charge in [-0.3, -0.25) is 14.4 Å². The molecular formula is C28H29FN4O3. The van der Waals surface area contributed by atoms with Gasteiger partial charge in [-0.2, -0.15) is 0 Å². The fourth-order valence-electron chi connectivity index (χ4n) is 4.36. The average molecular weight is 489 g/mol. The van der Waals surface area contributed by atoms with Crippen LogP contribution < -0.4 is 11.1 Å². The number of nitrogens with zero attached hydrogens (tertiary/aromatic N) is 2. The Bertz CT molecular complexity index is 1230. The molecule has 8 heteroatoms. The van der Waals surface area contributed by atoms with E-state index in [1.165, 1.54) is 28.0 Å². The van der Waals surface area contributed by atoms with Gasteiger partial charge in [0, 0.05) is 38.2 Å². The van der Waals surface area contributed by atoms with Crippen LogP contribution in [0, 0.1) is 5.82 Å². The largest absolute Gasteiger partial charge is 0.349 e. The fourth-order valence-corrected chi connectivity index (χ4v) is 4.36. The van der Waals surface area contributed by atoms with Gasteiger partial charge in [0.1, 0.15) is 5.82 Å². The van der Waals surface area contributed by atoms with E-state index in [0.717, 1.165) is 22.8 Å². The summed E-state index contributed by atoms with van der Waals surface area (Å²) in [5.41, 5.74) is 8.64. The average Bonchev–Trinajstić information content (AvgIpc) is 3.36. The summed E-state index contributed by atoms with van der Waals surface area (Å²) in [5.74, 6) is -1.74. The molecule has 0 aromatic heterocycles. The molecule has 0 spiro atoms. The van der Waals surface area contributed by atoms with Gasteiger partial charge in [-0.15, -0.1) is 0 Å². The molecule has 3 N–H and O–H groups in total. The first kappa shape index (κ1) is 25.1. The van der Waals surface area contributed by atoms with Gasteiger partial charge in [0.15, 0.2) is 6.17 Å². The van der Waals surface area contributed by atoms with Gasteiger partial charge < -0.3 is 20.9 Å². The molecule has 186 valence electrons. The first-order valence-corrected chi connectivity index (χ1v) is 11.9. The highest BCUT2D eigenvalue weighted by atomic mass is 19.1. The Hall–Kier alpha value is -4.04. The molecule has 1 aliphatic heterocycles. The van der Waals surface area contributed by atoms with E-state index in [1.807, 2.05) is 54.6 Å². The summed E-state index contributed by atoms with van der Waals surface area (Å²) >= 11 is 0. The highest BCUT2D eigenvalue weighted by Gasteiger charge is 2.42. The van der Waals surface area contributed by atoms with Crippen molar-refractivity contribution in [3.8, 4) is 0 Å². The summed E-state index contributed by atoms with van der Waals surface area (Å²) in [5, 5.41) is 2.86. The molecule has 0 saturated carbocycles. The molecule has 3 aromatic rings. The van der Waals surface area contributed by atoms with Gasteiger partial charge in [0.25, 0.3) is 11.8 Å². The highest BCUT2D eigenvalue weighted by Crippen LogP contribution is 2.21. The van der Waals surface area contributed by atoms with Crippen LogP contribution in [0.25, 0.3) is 0 Å². The van der Waals surface area contributed by atoms with Crippen LogP contribution in [-0.2, 0) is 29.1 Å². The molecule has 1 heterocycles. The molecule has 1 fully saturated rings. The maximum atomic E-state index is 13.8. The molecule has 1 aliphatic rings. The second kappa shape index (κ2) is 11.6. The van der Waals surface area contributed by atoms with E-state index in [2.05, 4.69) is 5.32 Å². The minimum Gasteiger partial charge on any atom is -0.349 e. The first-order chi connectivity index (χ1) is 17.5. The zero-order valence-electron chi connectivity index (χ0n) is 19.9. The third kappa shape index (κ3) is 5.95. The fraction of sp³-hybridized carbons (Fsp3) is 0.250. The number of nitrogens with one attached hydrogen (secondary N) is 1. The molecule has 1 unspecified atom stereocenters. The van der Waals surface area contributed by atoms with E-state index in [0.29, 0.717) is 13.0 Å². The third-order valence-corrected chi connectivity index (χ3v) is 6.22. The van der Waals surface area contributed by atoms with Crippen molar-refractivity contribution in [1.82, 2.24) is 15.1 Å². The standard InChI is InChI=1S/C28H29FN4O3/c29-24-11-5-10-23(17-24)28(36)33-15-14-32(25(34)13-12-20-6-2-1-3-7-20)27(33)26(35)31-19-22-9-4-8-21(16-22)18-30/h1-11,16-17,27H,12-15,18-19,30H2,(H,31,35). The molecule has 3 amide bonds. The van der Waals surface area contributed by atoms with E-state index in [-0.39, 0.29) is 37.5 Å². The Morgan fingerprint density at radius 3 is 2.31 bits per heavy atom. The summed E-state index contributed by atoms with van der Waals surface area (Å²) in [7, 11) is 0. The van der Waals surface area contributed by atoms with E-state index < -0.39 is 23.8 Å². The lowest BCUT2D eigenvalue weighted by molar-refractivity contribution is -0.141. The van der Waals surface area contributed by atoms with Crippen molar-refractivity contribution < 1.29 is 18.8 Å². The van der Waals surface area contributed by atoms with E-state index in [1.54, 1.807) is 0 Å². The predicted octanol–water partition coefficient (Wildman–Crippen LogP) is 2.84. The van der Waals surface area contributed by atoms with Crippen molar-refractivity contribution in [2.75, 3.05) is 13.1 Å². The van der Waals surface area contributed by atoms with Gasteiger partial charge >= 0.3 is 0 Å². The van der Waals surface area contributed by atoms with Crippen LogP contribution in [0.4, 0.5) is 4.39 Å². The summed E-state index contributed by atoms with van der Waals surface area (Å²) in [4.78, 5) is 42.6. The molecular weight excluding hydrogens is 459 g/mol. The number of carbonyl (C=O) groups is 3. The van der Waals surface area contributed by atoms with Crippen LogP contribution in [0.2, 0.25) is 0 Å². The van der Waals surface area contributed by atoms with Crippen LogP contribution in [-0.4, -0.2) is 46.8 Å². The molecule has 0 bridgehead atoms. The molecule has 7 nitrogen and oxygen atoms in total. The molecule has 1 atom stereocenters. The summed E-state index contributed by atoms with van der Waals surface area (Å²) in [6.45, 7) is 0.990. The molecule has 3 aromatic carbocycles. The smallest absolute Gasteiger partial charge is 0.264 e. The monoisotopic (exact) mass is 488 g/mol. The third-order valence-electron chi connectivity index (χ3n) is 6.22. The molecule has 36 heavy (non-hydrogen) atoms. The molecule has 0 radical (unpaired) electrons. The normalized spacial score (nSPS) is 15.1. The number of rotatable bonds is 8. The number of aryl methyl sites for hydroxylation is 1. The quantitative estimate of drug-likeness (QED) is 0.510. The van der Waals surface area contributed by atoms with Crippen LogP contribution in [0.3, 0.4) is 0 Å². The number of hydrogen-bond acceptors (Lipinski definition) is 4. The molecule has 0 aliphatic carbocycles. The van der Waals surface area contributed by atoms with Crippen molar-refractivity contribution in [3.05, 3.63) is 107 Å². The van der Waals surface area contributed by atoms with Crippen molar-refractivity contribution in [2.24, 2.45) is 5.73 Å².